The summed E-state index contributed by atoms with van der Waals surface area (Å²) >= 11 is 6.02. The van der Waals surface area contributed by atoms with Crippen molar-refractivity contribution in [3.63, 3.8) is 0 Å². The Balaban J connectivity index is 1.49. The highest BCUT2D eigenvalue weighted by atomic mass is 35.5. The van der Waals surface area contributed by atoms with E-state index >= 15 is 0 Å². The summed E-state index contributed by atoms with van der Waals surface area (Å²) in [6.45, 7) is 5.06. The lowest BCUT2D eigenvalue weighted by Crippen LogP contribution is -2.56. The molecule has 0 bridgehead atoms. The first kappa shape index (κ1) is 21.1. The monoisotopic (exact) mass is 437 g/mol. The van der Waals surface area contributed by atoms with Crippen LogP contribution in [0.25, 0.3) is 10.8 Å². The fourth-order valence-corrected chi connectivity index (χ4v) is 4.44. The van der Waals surface area contributed by atoms with Crippen molar-refractivity contribution < 1.29 is 9.59 Å². The number of aromatic nitrogens is 1. The molecule has 4 rings (SSSR count). The first-order valence-corrected chi connectivity index (χ1v) is 10.7. The number of amides is 2. The van der Waals surface area contributed by atoms with Gasteiger partial charge in [0.05, 0.1) is 6.42 Å². The average molecular weight is 438 g/mol. The first-order valence-electron chi connectivity index (χ1n) is 10.3. The zero-order chi connectivity index (χ0) is 22.1. The highest BCUT2D eigenvalue weighted by molar-refractivity contribution is 6.30. The van der Waals surface area contributed by atoms with Gasteiger partial charge in [-0.2, -0.15) is 0 Å². The van der Waals surface area contributed by atoms with Gasteiger partial charge in [-0.25, -0.2) is 0 Å². The molecule has 1 N–H and O–H groups in total. The molecule has 1 fully saturated rings. The van der Waals surface area contributed by atoms with Gasteiger partial charge in [0.1, 0.15) is 5.69 Å². The van der Waals surface area contributed by atoms with Crippen LogP contribution >= 0.6 is 11.6 Å². The van der Waals surface area contributed by atoms with E-state index in [-0.39, 0.29) is 29.8 Å². The molecule has 0 radical (unpaired) electrons. The third-order valence-electron chi connectivity index (χ3n) is 5.88. The second-order valence-corrected chi connectivity index (χ2v) is 8.43. The molecule has 2 amide bonds. The van der Waals surface area contributed by atoms with Gasteiger partial charge in [0.2, 0.25) is 5.91 Å². The summed E-state index contributed by atoms with van der Waals surface area (Å²) < 4.78 is 0. The third kappa shape index (κ3) is 4.21. The Morgan fingerprint density at radius 1 is 1.10 bits per heavy atom. The van der Waals surface area contributed by atoms with Crippen LogP contribution in [0, 0.1) is 6.92 Å². The van der Waals surface area contributed by atoms with Gasteiger partial charge < -0.3 is 14.8 Å². The van der Waals surface area contributed by atoms with Crippen molar-refractivity contribution in [1.82, 2.24) is 14.8 Å². The minimum Gasteiger partial charge on any atom is -0.336 e. The molecule has 31 heavy (non-hydrogen) atoms. The SMILES string of the molecule is Cc1c(C(=O)N2CCN(C(=O)Cc3cccc(Cl)c3)C(C)C2)[nH]c(=O)c2ccccc12. The number of H-pyrrole nitrogens is 1. The molecule has 1 atom stereocenters. The number of halogens is 1. The van der Waals surface area contributed by atoms with Crippen LogP contribution in [0.1, 0.15) is 28.5 Å². The van der Waals surface area contributed by atoms with Gasteiger partial charge >= 0.3 is 0 Å². The van der Waals surface area contributed by atoms with Crippen LogP contribution in [0.3, 0.4) is 0 Å². The Kier molecular flexibility index (Phi) is 5.83. The molecule has 1 saturated heterocycles. The van der Waals surface area contributed by atoms with Crippen molar-refractivity contribution >= 4 is 34.2 Å². The van der Waals surface area contributed by atoms with E-state index in [1.807, 2.05) is 38.1 Å². The molecule has 0 spiro atoms. The molecule has 1 aliphatic rings. The summed E-state index contributed by atoms with van der Waals surface area (Å²) in [6.07, 6.45) is 0.274. The average Bonchev–Trinajstić information content (AvgIpc) is 2.75. The van der Waals surface area contributed by atoms with Gasteiger partial charge in [-0.15, -0.1) is 0 Å². The molecule has 0 saturated carbocycles. The molecular weight excluding hydrogens is 414 g/mol. The summed E-state index contributed by atoms with van der Waals surface area (Å²) in [5, 5.41) is 1.95. The maximum absolute atomic E-state index is 13.2. The minimum absolute atomic E-state index is 0.0113. The summed E-state index contributed by atoms with van der Waals surface area (Å²) in [5.41, 5.74) is 1.67. The molecule has 2 aromatic carbocycles. The van der Waals surface area contributed by atoms with E-state index in [2.05, 4.69) is 4.98 Å². The lowest BCUT2D eigenvalue weighted by atomic mass is 10.0. The van der Waals surface area contributed by atoms with Crippen LogP contribution in [0.15, 0.2) is 53.3 Å². The van der Waals surface area contributed by atoms with Crippen molar-refractivity contribution in [2.75, 3.05) is 19.6 Å². The molecule has 1 unspecified atom stereocenters. The van der Waals surface area contributed by atoms with Crippen LogP contribution in [-0.4, -0.2) is 52.3 Å². The number of aryl methyl sites for hydroxylation is 1. The molecule has 2 heterocycles. The van der Waals surface area contributed by atoms with Gasteiger partial charge in [-0.3, -0.25) is 14.4 Å². The third-order valence-corrected chi connectivity index (χ3v) is 6.12. The van der Waals surface area contributed by atoms with Gasteiger partial charge in [0.15, 0.2) is 0 Å². The standard InChI is InChI=1S/C24H24ClN3O3/c1-15-14-27(10-11-28(15)21(29)13-17-6-5-7-18(25)12-17)24(31)22-16(2)19-8-3-4-9-20(19)23(30)26-22/h3-9,12,15H,10-11,13-14H2,1-2H3,(H,26,30). The number of fused-ring (bicyclic) bond motifs is 1. The van der Waals surface area contributed by atoms with E-state index in [1.54, 1.807) is 34.1 Å². The zero-order valence-electron chi connectivity index (χ0n) is 17.5. The Morgan fingerprint density at radius 2 is 1.84 bits per heavy atom. The topological polar surface area (TPSA) is 73.5 Å². The number of piperazine rings is 1. The fraction of sp³-hybridized carbons (Fsp3) is 0.292. The molecule has 1 aliphatic heterocycles. The lowest BCUT2D eigenvalue weighted by molar-refractivity contribution is -0.134. The predicted molar refractivity (Wildman–Crippen MR) is 122 cm³/mol. The van der Waals surface area contributed by atoms with Crippen molar-refractivity contribution in [2.45, 2.75) is 26.3 Å². The number of aromatic amines is 1. The first-order chi connectivity index (χ1) is 14.8. The van der Waals surface area contributed by atoms with Crippen molar-refractivity contribution in [3.8, 4) is 0 Å². The fourth-order valence-electron chi connectivity index (χ4n) is 4.23. The van der Waals surface area contributed by atoms with Crippen LogP contribution in [0.2, 0.25) is 5.02 Å². The molecule has 3 aromatic rings. The normalized spacial score (nSPS) is 16.5. The van der Waals surface area contributed by atoms with E-state index in [9.17, 15) is 14.4 Å². The molecule has 7 heteroatoms. The van der Waals surface area contributed by atoms with E-state index in [1.165, 1.54) is 0 Å². The van der Waals surface area contributed by atoms with Crippen LogP contribution in [-0.2, 0) is 11.2 Å². The maximum atomic E-state index is 13.2. The number of carbonyl (C=O) groups excluding carboxylic acids is 2. The van der Waals surface area contributed by atoms with E-state index in [0.29, 0.717) is 35.7 Å². The highest BCUT2D eigenvalue weighted by Crippen LogP contribution is 2.20. The second-order valence-electron chi connectivity index (χ2n) is 7.99. The number of pyridine rings is 1. The summed E-state index contributed by atoms with van der Waals surface area (Å²) in [4.78, 5) is 44.7. The maximum Gasteiger partial charge on any atom is 0.270 e. The molecule has 0 aliphatic carbocycles. The van der Waals surface area contributed by atoms with Crippen molar-refractivity contribution in [1.29, 1.82) is 0 Å². The van der Waals surface area contributed by atoms with Crippen LogP contribution in [0.5, 0.6) is 0 Å². The number of nitrogens with one attached hydrogen (secondary N) is 1. The quantitative estimate of drug-likeness (QED) is 0.682. The minimum atomic E-state index is -0.270. The van der Waals surface area contributed by atoms with Gasteiger partial charge in [-0.1, -0.05) is 41.9 Å². The summed E-state index contributed by atoms with van der Waals surface area (Å²) in [7, 11) is 0. The zero-order valence-corrected chi connectivity index (χ0v) is 18.3. The van der Waals surface area contributed by atoms with E-state index in [0.717, 1.165) is 16.5 Å². The van der Waals surface area contributed by atoms with Gasteiger partial charge in [0, 0.05) is 36.1 Å². The lowest BCUT2D eigenvalue weighted by Gasteiger charge is -2.40. The highest BCUT2D eigenvalue weighted by Gasteiger charge is 2.31. The molecule has 160 valence electrons. The predicted octanol–water partition coefficient (Wildman–Crippen LogP) is 3.41. The number of hydrogen-bond donors (Lipinski definition) is 1. The smallest absolute Gasteiger partial charge is 0.270 e. The number of nitrogens with zero attached hydrogens (tertiary/aromatic N) is 2. The largest absolute Gasteiger partial charge is 0.336 e. The number of rotatable bonds is 3. The Bertz CT molecular complexity index is 1220. The number of carbonyl (C=O) groups is 2. The molecule has 1 aromatic heterocycles. The van der Waals surface area contributed by atoms with E-state index < -0.39 is 0 Å². The summed E-state index contributed by atoms with van der Waals surface area (Å²) in [5.74, 6) is -0.202. The Hall–Kier alpha value is -3.12. The number of benzene rings is 2. The second kappa shape index (κ2) is 8.55. The molecular formula is C24H24ClN3O3. The van der Waals surface area contributed by atoms with Crippen LogP contribution in [0.4, 0.5) is 0 Å². The van der Waals surface area contributed by atoms with Crippen molar-refractivity contribution in [3.05, 3.63) is 80.7 Å². The van der Waals surface area contributed by atoms with Crippen molar-refractivity contribution in [2.24, 2.45) is 0 Å². The van der Waals surface area contributed by atoms with Gasteiger partial charge in [-0.05, 0) is 48.6 Å². The Morgan fingerprint density at radius 3 is 2.55 bits per heavy atom. The summed E-state index contributed by atoms with van der Waals surface area (Å²) in [6, 6.07) is 14.4. The van der Waals surface area contributed by atoms with Gasteiger partial charge in [0.25, 0.3) is 11.5 Å². The van der Waals surface area contributed by atoms with E-state index in [4.69, 9.17) is 11.6 Å². The Labute approximate surface area is 185 Å². The number of hydrogen-bond acceptors (Lipinski definition) is 3. The molecule has 6 nitrogen and oxygen atoms in total. The van der Waals surface area contributed by atoms with Crippen LogP contribution < -0.4 is 5.56 Å².